The second-order valence-corrected chi connectivity index (χ2v) is 11.5. The van der Waals surface area contributed by atoms with Crippen molar-refractivity contribution >= 4 is 34.4 Å². The maximum atomic E-state index is 13.1. The van der Waals surface area contributed by atoms with Gasteiger partial charge in [-0.2, -0.15) is 5.10 Å². The van der Waals surface area contributed by atoms with E-state index in [9.17, 15) is 9.59 Å². The van der Waals surface area contributed by atoms with Crippen molar-refractivity contribution in [1.29, 1.82) is 0 Å². The molecule has 1 saturated heterocycles. The van der Waals surface area contributed by atoms with Crippen LogP contribution in [0.5, 0.6) is 11.5 Å². The van der Waals surface area contributed by atoms with E-state index in [1.165, 1.54) is 12.4 Å². The standard InChI is InChI=1S/C31H33N7O4/c1-5-23(39)37-14-6-7-20(15-37)38-29-24(28(32)33-16-34-29)25(36-38)21-12-13-22(27-26(21)41-17-42-27)35-30(40)18-8-10-19(11-9-18)31(2,3)4/h5,8-13,16,20H,1,6-7,14-15,17H2,2-4H3,(H,35,40)(H2,32,33,34)/t20-/m1/s1. The van der Waals surface area contributed by atoms with Crippen LogP contribution in [0.1, 0.15) is 55.6 Å². The Kier molecular flexibility index (Phi) is 6.80. The summed E-state index contributed by atoms with van der Waals surface area (Å²) in [6.07, 6.45) is 4.38. The number of amides is 2. The van der Waals surface area contributed by atoms with Crippen LogP contribution in [0, 0.1) is 0 Å². The number of carbonyl (C=O) groups excluding carboxylic acids is 2. The quantitative estimate of drug-likeness (QED) is 0.331. The zero-order valence-corrected chi connectivity index (χ0v) is 23.9. The van der Waals surface area contributed by atoms with E-state index in [-0.39, 0.29) is 35.9 Å². The summed E-state index contributed by atoms with van der Waals surface area (Å²) >= 11 is 0. The van der Waals surface area contributed by atoms with Gasteiger partial charge in [0.25, 0.3) is 5.91 Å². The molecule has 0 aliphatic carbocycles. The first-order chi connectivity index (χ1) is 20.2. The topological polar surface area (TPSA) is 137 Å². The molecule has 4 aromatic rings. The number of anilines is 2. The third-order valence-corrected chi connectivity index (χ3v) is 7.78. The molecule has 0 spiro atoms. The monoisotopic (exact) mass is 567 g/mol. The number of nitrogen functional groups attached to an aromatic ring is 1. The van der Waals surface area contributed by atoms with E-state index >= 15 is 0 Å². The third-order valence-electron chi connectivity index (χ3n) is 7.78. The van der Waals surface area contributed by atoms with E-state index in [1.54, 1.807) is 11.0 Å². The average Bonchev–Trinajstić information content (AvgIpc) is 3.63. The molecule has 11 nitrogen and oxygen atoms in total. The molecule has 4 heterocycles. The van der Waals surface area contributed by atoms with Crippen LogP contribution < -0.4 is 20.5 Å². The Balaban J connectivity index is 1.36. The number of rotatable bonds is 5. The van der Waals surface area contributed by atoms with Gasteiger partial charge in [0, 0.05) is 24.2 Å². The molecular weight excluding hydrogens is 534 g/mol. The van der Waals surface area contributed by atoms with Crippen LogP contribution in [0.15, 0.2) is 55.4 Å². The molecule has 2 amide bonds. The number of hydrogen-bond acceptors (Lipinski definition) is 8. The molecular formula is C31H33N7O4. The summed E-state index contributed by atoms with van der Waals surface area (Å²) in [4.78, 5) is 36.0. The van der Waals surface area contributed by atoms with E-state index in [0.29, 0.717) is 58.1 Å². The fourth-order valence-electron chi connectivity index (χ4n) is 5.52. The van der Waals surface area contributed by atoms with Crippen molar-refractivity contribution in [3.05, 3.63) is 66.5 Å². The Morgan fingerprint density at radius 1 is 1.10 bits per heavy atom. The molecule has 2 aromatic heterocycles. The number of nitrogens with two attached hydrogens (primary N) is 1. The van der Waals surface area contributed by atoms with Crippen LogP contribution in [-0.2, 0) is 10.2 Å². The minimum Gasteiger partial charge on any atom is -0.453 e. The second-order valence-electron chi connectivity index (χ2n) is 11.5. The second kappa shape index (κ2) is 10.5. The van der Waals surface area contributed by atoms with Crippen LogP contribution in [0.4, 0.5) is 11.5 Å². The van der Waals surface area contributed by atoms with Gasteiger partial charge in [0.2, 0.25) is 12.7 Å². The van der Waals surface area contributed by atoms with Crippen LogP contribution >= 0.6 is 0 Å². The van der Waals surface area contributed by atoms with Crippen molar-refractivity contribution < 1.29 is 19.1 Å². The molecule has 0 bridgehead atoms. The number of hydrogen-bond donors (Lipinski definition) is 2. The number of fused-ring (bicyclic) bond motifs is 2. The van der Waals surface area contributed by atoms with Crippen LogP contribution in [0.3, 0.4) is 0 Å². The minimum absolute atomic E-state index is 0.0121. The number of likely N-dealkylation sites (tertiary alicyclic amines) is 1. The maximum Gasteiger partial charge on any atom is 0.255 e. The van der Waals surface area contributed by atoms with Crippen molar-refractivity contribution in [3.8, 4) is 22.8 Å². The summed E-state index contributed by atoms with van der Waals surface area (Å²) in [5.74, 6) is 0.754. The molecule has 1 fully saturated rings. The highest BCUT2D eigenvalue weighted by Crippen LogP contribution is 2.48. The lowest BCUT2D eigenvalue weighted by Crippen LogP contribution is -2.40. The lowest BCUT2D eigenvalue weighted by molar-refractivity contribution is -0.127. The van der Waals surface area contributed by atoms with Gasteiger partial charge in [0.1, 0.15) is 17.8 Å². The van der Waals surface area contributed by atoms with Gasteiger partial charge in [-0.3, -0.25) is 9.59 Å². The smallest absolute Gasteiger partial charge is 0.255 e. The first kappa shape index (κ1) is 27.3. The van der Waals surface area contributed by atoms with Gasteiger partial charge in [-0.15, -0.1) is 0 Å². The van der Waals surface area contributed by atoms with Gasteiger partial charge in [-0.05, 0) is 54.2 Å². The Labute approximate surface area is 243 Å². The first-order valence-corrected chi connectivity index (χ1v) is 13.9. The van der Waals surface area contributed by atoms with Crippen LogP contribution in [-0.4, -0.2) is 56.3 Å². The Morgan fingerprint density at radius 3 is 2.60 bits per heavy atom. The molecule has 0 radical (unpaired) electrons. The largest absolute Gasteiger partial charge is 0.453 e. The molecule has 2 aliphatic heterocycles. The van der Waals surface area contributed by atoms with Crippen LogP contribution in [0.2, 0.25) is 0 Å². The fourth-order valence-corrected chi connectivity index (χ4v) is 5.52. The van der Waals surface area contributed by atoms with Crippen molar-refractivity contribution in [2.75, 3.05) is 30.9 Å². The number of piperidine rings is 1. The average molecular weight is 568 g/mol. The Hall–Kier alpha value is -4.93. The van der Waals surface area contributed by atoms with E-state index < -0.39 is 0 Å². The summed E-state index contributed by atoms with van der Waals surface area (Å²) in [6, 6.07) is 11.0. The third kappa shape index (κ3) is 4.80. The first-order valence-electron chi connectivity index (χ1n) is 13.9. The van der Waals surface area contributed by atoms with Crippen molar-refractivity contribution in [1.82, 2.24) is 24.6 Å². The van der Waals surface area contributed by atoms with Gasteiger partial charge >= 0.3 is 0 Å². The van der Waals surface area contributed by atoms with Gasteiger partial charge < -0.3 is 25.4 Å². The van der Waals surface area contributed by atoms with Gasteiger partial charge in [-0.25, -0.2) is 14.6 Å². The maximum absolute atomic E-state index is 13.1. The lowest BCUT2D eigenvalue weighted by atomic mass is 9.87. The zero-order valence-electron chi connectivity index (χ0n) is 23.9. The van der Waals surface area contributed by atoms with E-state index in [2.05, 4.69) is 42.6 Å². The van der Waals surface area contributed by atoms with E-state index in [1.807, 2.05) is 35.0 Å². The van der Waals surface area contributed by atoms with E-state index in [4.69, 9.17) is 20.3 Å². The molecule has 2 aliphatic rings. The summed E-state index contributed by atoms with van der Waals surface area (Å²) < 4.78 is 13.6. The molecule has 42 heavy (non-hydrogen) atoms. The van der Waals surface area contributed by atoms with Gasteiger partial charge in [-0.1, -0.05) is 39.5 Å². The highest BCUT2D eigenvalue weighted by molar-refractivity contribution is 6.06. The van der Waals surface area contributed by atoms with Crippen molar-refractivity contribution in [2.45, 2.75) is 45.1 Å². The number of carbonyl (C=O) groups is 2. The molecule has 3 N–H and O–H groups in total. The summed E-state index contributed by atoms with van der Waals surface area (Å²) in [6.45, 7) is 11.1. The molecule has 216 valence electrons. The van der Waals surface area contributed by atoms with E-state index in [0.717, 1.165) is 18.4 Å². The Bertz CT molecular complexity index is 1710. The Morgan fingerprint density at radius 2 is 1.86 bits per heavy atom. The molecule has 6 rings (SSSR count). The number of aromatic nitrogens is 4. The minimum atomic E-state index is -0.260. The predicted molar refractivity (Wildman–Crippen MR) is 159 cm³/mol. The molecule has 2 aromatic carbocycles. The lowest BCUT2D eigenvalue weighted by Gasteiger charge is -2.32. The fraction of sp³-hybridized carbons (Fsp3) is 0.323. The highest BCUT2D eigenvalue weighted by Gasteiger charge is 2.31. The molecule has 0 unspecified atom stereocenters. The summed E-state index contributed by atoms with van der Waals surface area (Å²) in [5, 5.41) is 8.49. The van der Waals surface area contributed by atoms with Crippen LogP contribution in [0.25, 0.3) is 22.3 Å². The summed E-state index contributed by atoms with van der Waals surface area (Å²) in [5.41, 5.74) is 10.2. The normalized spacial score (nSPS) is 16.5. The van der Waals surface area contributed by atoms with Gasteiger partial charge in [0.15, 0.2) is 17.1 Å². The number of ether oxygens (including phenoxy) is 2. The number of nitrogens with one attached hydrogen (secondary N) is 1. The SMILES string of the molecule is C=CC(=O)N1CCC[C@@H](n2nc(-c3ccc(NC(=O)c4ccc(C(C)(C)C)cc4)c4c3OCO4)c3c(N)ncnc32)C1. The van der Waals surface area contributed by atoms with Crippen molar-refractivity contribution in [2.24, 2.45) is 0 Å². The zero-order chi connectivity index (χ0) is 29.6. The molecule has 1 atom stereocenters. The molecule has 0 saturated carbocycles. The number of benzene rings is 2. The predicted octanol–water partition coefficient (Wildman–Crippen LogP) is 4.70. The van der Waals surface area contributed by atoms with Crippen molar-refractivity contribution in [3.63, 3.8) is 0 Å². The summed E-state index contributed by atoms with van der Waals surface area (Å²) in [7, 11) is 0. The number of nitrogens with zero attached hydrogens (tertiary/aromatic N) is 5. The highest BCUT2D eigenvalue weighted by atomic mass is 16.7. The van der Waals surface area contributed by atoms with Gasteiger partial charge in [0.05, 0.1) is 17.1 Å². The molecule has 11 heteroatoms.